The fourth-order valence-corrected chi connectivity index (χ4v) is 3.39. The Hall–Kier alpha value is -1.44. The first-order valence-corrected chi connectivity index (χ1v) is 8.60. The first-order chi connectivity index (χ1) is 10.0. The van der Waals surface area contributed by atoms with Crippen molar-refractivity contribution in [2.45, 2.75) is 24.7 Å². The molecule has 1 heterocycles. The van der Waals surface area contributed by atoms with Crippen LogP contribution < -0.4 is 15.4 Å². The standard InChI is InChI=1S/C14H21N3O3S/c1-2-16-21(19,20)13-5-3-12(4-6-13)17-14(18)9-11-7-8-15-10-11/h3-6,11,15-16H,2,7-10H2,1H3,(H,17,18). The molecule has 0 saturated carbocycles. The number of nitrogens with one attached hydrogen (secondary N) is 3. The number of hydrogen-bond donors (Lipinski definition) is 3. The van der Waals surface area contributed by atoms with E-state index in [0.717, 1.165) is 19.5 Å². The van der Waals surface area contributed by atoms with E-state index in [-0.39, 0.29) is 10.8 Å². The van der Waals surface area contributed by atoms with Gasteiger partial charge in [-0.25, -0.2) is 13.1 Å². The van der Waals surface area contributed by atoms with Crippen molar-refractivity contribution in [3.63, 3.8) is 0 Å². The van der Waals surface area contributed by atoms with Gasteiger partial charge in [0.2, 0.25) is 15.9 Å². The van der Waals surface area contributed by atoms with Crippen molar-refractivity contribution in [1.82, 2.24) is 10.0 Å². The van der Waals surface area contributed by atoms with Gasteiger partial charge in [0.15, 0.2) is 0 Å². The van der Waals surface area contributed by atoms with Crippen LogP contribution in [-0.2, 0) is 14.8 Å². The Morgan fingerprint density at radius 1 is 1.33 bits per heavy atom. The molecular formula is C14H21N3O3S. The van der Waals surface area contributed by atoms with Crippen molar-refractivity contribution in [3.8, 4) is 0 Å². The summed E-state index contributed by atoms with van der Waals surface area (Å²) in [6, 6.07) is 6.19. The summed E-state index contributed by atoms with van der Waals surface area (Å²) in [7, 11) is -3.45. The molecular weight excluding hydrogens is 290 g/mol. The third kappa shape index (κ3) is 4.52. The van der Waals surface area contributed by atoms with Gasteiger partial charge in [0, 0.05) is 18.7 Å². The Bertz CT molecular complexity index is 578. The molecule has 1 saturated heterocycles. The number of amides is 1. The molecule has 1 aliphatic rings. The fourth-order valence-electron chi connectivity index (χ4n) is 2.35. The van der Waals surface area contributed by atoms with Crippen LogP contribution in [-0.4, -0.2) is 34.0 Å². The molecule has 7 heteroatoms. The highest BCUT2D eigenvalue weighted by molar-refractivity contribution is 7.89. The van der Waals surface area contributed by atoms with Gasteiger partial charge in [0.25, 0.3) is 0 Å². The van der Waals surface area contributed by atoms with E-state index in [1.54, 1.807) is 19.1 Å². The van der Waals surface area contributed by atoms with Crippen molar-refractivity contribution < 1.29 is 13.2 Å². The number of benzene rings is 1. The highest BCUT2D eigenvalue weighted by atomic mass is 32.2. The summed E-state index contributed by atoms with van der Waals surface area (Å²) in [5, 5.41) is 6.02. The van der Waals surface area contributed by atoms with E-state index in [1.807, 2.05) is 0 Å². The molecule has 0 spiro atoms. The van der Waals surface area contributed by atoms with Gasteiger partial charge in [-0.2, -0.15) is 0 Å². The maximum Gasteiger partial charge on any atom is 0.240 e. The number of hydrogen-bond acceptors (Lipinski definition) is 4. The summed E-state index contributed by atoms with van der Waals surface area (Å²) in [5.41, 5.74) is 0.612. The Kier molecular flexibility index (Phi) is 5.33. The first-order valence-electron chi connectivity index (χ1n) is 7.11. The number of carbonyl (C=O) groups excluding carboxylic acids is 1. The molecule has 1 fully saturated rings. The smallest absolute Gasteiger partial charge is 0.240 e. The summed E-state index contributed by atoms with van der Waals surface area (Å²) in [6.07, 6.45) is 1.51. The Morgan fingerprint density at radius 3 is 2.62 bits per heavy atom. The maximum absolute atomic E-state index is 11.9. The highest BCUT2D eigenvalue weighted by Crippen LogP contribution is 2.16. The summed E-state index contributed by atoms with van der Waals surface area (Å²) in [4.78, 5) is 12.1. The second kappa shape index (κ2) is 7.02. The van der Waals surface area contributed by atoms with Crippen LogP contribution in [0.2, 0.25) is 0 Å². The van der Waals surface area contributed by atoms with Gasteiger partial charge >= 0.3 is 0 Å². The molecule has 21 heavy (non-hydrogen) atoms. The first kappa shape index (κ1) is 15.9. The van der Waals surface area contributed by atoms with E-state index < -0.39 is 10.0 Å². The zero-order valence-electron chi connectivity index (χ0n) is 12.1. The van der Waals surface area contributed by atoms with Crippen molar-refractivity contribution in [2.24, 2.45) is 5.92 Å². The molecule has 0 aromatic heterocycles. The average molecular weight is 311 g/mol. The largest absolute Gasteiger partial charge is 0.326 e. The van der Waals surface area contributed by atoms with Crippen molar-refractivity contribution >= 4 is 21.6 Å². The van der Waals surface area contributed by atoms with Gasteiger partial charge in [0.05, 0.1) is 4.90 Å². The molecule has 2 rings (SSSR count). The van der Waals surface area contributed by atoms with Crippen LogP contribution in [0.5, 0.6) is 0 Å². The third-order valence-corrected chi connectivity index (χ3v) is 4.98. The Morgan fingerprint density at radius 2 is 2.05 bits per heavy atom. The topological polar surface area (TPSA) is 87.3 Å². The zero-order chi connectivity index (χ0) is 15.3. The molecule has 1 aromatic rings. The fraction of sp³-hybridized carbons (Fsp3) is 0.500. The van der Waals surface area contributed by atoms with Gasteiger partial charge in [-0.15, -0.1) is 0 Å². The Balaban J connectivity index is 1.94. The van der Waals surface area contributed by atoms with Crippen LogP contribution in [0, 0.1) is 5.92 Å². The van der Waals surface area contributed by atoms with E-state index in [1.165, 1.54) is 12.1 Å². The summed E-state index contributed by atoms with van der Waals surface area (Å²) in [5.74, 6) is 0.351. The van der Waals surface area contributed by atoms with E-state index >= 15 is 0 Å². The summed E-state index contributed by atoms with van der Waals surface area (Å²) < 4.78 is 26.0. The molecule has 1 unspecified atom stereocenters. The molecule has 116 valence electrons. The molecule has 1 atom stereocenters. The number of sulfonamides is 1. The summed E-state index contributed by atoms with van der Waals surface area (Å²) in [6.45, 7) is 3.92. The van der Waals surface area contributed by atoms with Crippen LogP contribution in [0.4, 0.5) is 5.69 Å². The third-order valence-electron chi connectivity index (χ3n) is 3.42. The van der Waals surface area contributed by atoms with Gasteiger partial charge < -0.3 is 10.6 Å². The molecule has 6 nitrogen and oxygen atoms in total. The lowest BCUT2D eigenvalue weighted by molar-refractivity contribution is -0.116. The van der Waals surface area contributed by atoms with Crippen molar-refractivity contribution in [2.75, 3.05) is 25.0 Å². The highest BCUT2D eigenvalue weighted by Gasteiger charge is 2.18. The summed E-state index contributed by atoms with van der Waals surface area (Å²) >= 11 is 0. The lowest BCUT2D eigenvalue weighted by Crippen LogP contribution is -2.23. The minimum absolute atomic E-state index is 0.0361. The van der Waals surface area contributed by atoms with Crippen molar-refractivity contribution in [3.05, 3.63) is 24.3 Å². The predicted octanol–water partition coefficient (Wildman–Crippen LogP) is 0.923. The second-order valence-electron chi connectivity index (χ2n) is 5.14. The molecule has 3 N–H and O–H groups in total. The molecule has 0 aliphatic carbocycles. The predicted molar refractivity (Wildman–Crippen MR) is 81.5 cm³/mol. The van der Waals surface area contributed by atoms with E-state index in [9.17, 15) is 13.2 Å². The second-order valence-corrected chi connectivity index (χ2v) is 6.90. The van der Waals surface area contributed by atoms with Gasteiger partial charge in [-0.3, -0.25) is 4.79 Å². The monoisotopic (exact) mass is 311 g/mol. The maximum atomic E-state index is 11.9. The quantitative estimate of drug-likeness (QED) is 0.729. The van der Waals surface area contributed by atoms with Crippen molar-refractivity contribution in [1.29, 1.82) is 0 Å². The average Bonchev–Trinajstić information content (AvgIpc) is 2.92. The Labute approximate surface area is 125 Å². The molecule has 1 aliphatic heterocycles. The van der Waals surface area contributed by atoms with Crippen LogP contribution in [0.3, 0.4) is 0 Å². The van der Waals surface area contributed by atoms with Gasteiger partial charge in [-0.05, 0) is 49.7 Å². The van der Waals surface area contributed by atoms with Gasteiger partial charge in [-0.1, -0.05) is 6.92 Å². The number of anilines is 1. The van der Waals surface area contributed by atoms with Crippen LogP contribution in [0.15, 0.2) is 29.2 Å². The lowest BCUT2D eigenvalue weighted by atomic mass is 10.0. The molecule has 0 bridgehead atoms. The van der Waals surface area contributed by atoms with E-state index in [2.05, 4.69) is 15.4 Å². The SMILES string of the molecule is CCNS(=O)(=O)c1ccc(NC(=O)CC2CCNC2)cc1. The van der Waals surface area contributed by atoms with Gasteiger partial charge in [0.1, 0.15) is 0 Å². The van der Waals surface area contributed by atoms with E-state index in [0.29, 0.717) is 24.6 Å². The zero-order valence-corrected chi connectivity index (χ0v) is 12.9. The van der Waals surface area contributed by atoms with E-state index in [4.69, 9.17) is 0 Å². The molecule has 1 amide bonds. The number of carbonyl (C=O) groups is 1. The minimum atomic E-state index is -3.45. The lowest BCUT2D eigenvalue weighted by Gasteiger charge is -2.10. The van der Waals surface area contributed by atoms with Crippen LogP contribution in [0.1, 0.15) is 19.8 Å². The molecule has 1 aromatic carbocycles. The number of rotatable bonds is 6. The molecule has 0 radical (unpaired) electrons. The normalized spacial score (nSPS) is 18.6. The van der Waals surface area contributed by atoms with Crippen LogP contribution in [0.25, 0.3) is 0 Å². The minimum Gasteiger partial charge on any atom is -0.326 e. The van der Waals surface area contributed by atoms with Crippen LogP contribution >= 0.6 is 0 Å².